The Morgan fingerprint density at radius 2 is 2.13 bits per heavy atom. The van der Waals surface area contributed by atoms with E-state index in [1.54, 1.807) is 6.92 Å². The van der Waals surface area contributed by atoms with Crippen molar-refractivity contribution in [3.63, 3.8) is 0 Å². The molecule has 122 valence electrons. The van der Waals surface area contributed by atoms with Gasteiger partial charge in [-0.15, -0.1) is 0 Å². The van der Waals surface area contributed by atoms with Gasteiger partial charge in [-0.1, -0.05) is 0 Å². The molecule has 2 aliphatic rings. The molecule has 0 aromatic carbocycles. The molecule has 1 saturated carbocycles. The third-order valence-corrected chi connectivity index (χ3v) is 5.28. The molecule has 1 aliphatic heterocycles. The number of pyridine rings is 1. The molecular formula is C18H23N3O2. The van der Waals surface area contributed by atoms with Crippen molar-refractivity contribution < 1.29 is 9.90 Å². The van der Waals surface area contributed by atoms with Crippen LogP contribution in [0.5, 0.6) is 0 Å². The Kier molecular flexibility index (Phi) is 3.41. The first-order valence-electron chi connectivity index (χ1n) is 8.48. The zero-order valence-electron chi connectivity index (χ0n) is 13.5. The molecule has 0 radical (unpaired) electrons. The lowest BCUT2D eigenvalue weighted by atomic mass is 9.91. The largest absolute Gasteiger partial charge is 0.388 e. The second kappa shape index (κ2) is 5.34. The number of piperidine rings is 1. The lowest BCUT2D eigenvalue weighted by molar-refractivity contribution is -0.133. The van der Waals surface area contributed by atoms with E-state index >= 15 is 0 Å². The highest BCUT2D eigenvalue weighted by Crippen LogP contribution is 2.42. The average molecular weight is 313 g/mol. The maximum atomic E-state index is 11.5. The molecule has 0 unspecified atom stereocenters. The van der Waals surface area contributed by atoms with Crippen molar-refractivity contribution in [1.82, 2.24) is 14.5 Å². The van der Waals surface area contributed by atoms with Crippen LogP contribution < -0.4 is 0 Å². The molecule has 1 N–H and O–H groups in total. The minimum absolute atomic E-state index is 0.0961. The maximum absolute atomic E-state index is 11.5. The summed E-state index contributed by atoms with van der Waals surface area (Å²) in [4.78, 5) is 17.8. The molecule has 1 saturated heterocycles. The summed E-state index contributed by atoms with van der Waals surface area (Å²) in [5, 5.41) is 12.2. The summed E-state index contributed by atoms with van der Waals surface area (Å²) in [5.74, 6) is 0.712. The van der Waals surface area contributed by atoms with E-state index in [1.807, 2.05) is 17.2 Å². The average Bonchev–Trinajstić information content (AvgIpc) is 3.31. The van der Waals surface area contributed by atoms with E-state index in [2.05, 4.69) is 21.7 Å². The van der Waals surface area contributed by atoms with Crippen LogP contribution in [0.2, 0.25) is 0 Å². The number of carbonyl (C=O) groups is 1. The third kappa shape index (κ3) is 2.74. The number of hydrogen-bond donors (Lipinski definition) is 1. The minimum atomic E-state index is -0.751. The lowest BCUT2D eigenvalue weighted by Crippen LogP contribution is -2.48. The predicted molar refractivity (Wildman–Crippen MR) is 88.1 cm³/mol. The van der Waals surface area contributed by atoms with Gasteiger partial charge in [-0.05, 0) is 49.8 Å². The van der Waals surface area contributed by atoms with Gasteiger partial charge in [0.2, 0.25) is 5.91 Å². The van der Waals surface area contributed by atoms with E-state index in [-0.39, 0.29) is 5.91 Å². The molecule has 5 heteroatoms. The van der Waals surface area contributed by atoms with Crippen LogP contribution in [0.1, 0.15) is 44.2 Å². The Bertz CT molecular complexity index is 740. The third-order valence-electron chi connectivity index (χ3n) is 5.28. The van der Waals surface area contributed by atoms with Crippen LogP contribution in [0.15, 0.2) is 24.4 Å². The van der Waals surface area contributed by atoms with Crippen LogP contribution in [0.3, 0.4) is 0 Å². The highest BCUT2D eigenvalue weighted by atomic mass is 16.3. The van der Waals surface area contributed by atoms with Gasteiger partial charge in [-0.2, -0.15) is 0 Å². The standard InChI is InChI=1S/C18H23N3O2/c1-13(22)20-9-6-18(23,7-10-20)12-21-16(14-4-5-14)11-15-3-2-8-19-17(15)21/h2-3,8,11,14,23H,4-7,9-10,12H2,1H3. The molecule has 2 fully saturated rings. The van der Waals surface area contributed by atoms with Gasteiger partial charge in [0, 0.05) is 37.3 Å². The van der Waals surface area contributed by atoms with Crippen molar-refractivity contribution in [2.45, 2.75) is 50.7 Å². The molecule has 0 spiro atoms. The normalized spacial score (nSPS) is 20.9. The topological polar surface area (TPSA) is 58.4 Å². The number of nitrogens with zero attached hydrogens (tertiary/aromatic N) is 3. The van der Waals surface area contributed by atoms with Crippen LogP contribution >= 0.6 is 0 Å². The lowest BCUT2D eigenvalue weighted by Gasteiger charge is -2.38. The molecule has 23 heavy (non-hydrogen) atoms. The van der Waals surface area contributed by atoms with Crippen LogP contribution in [0.4, 0.5) is 0 Å². The molecule has 0 bridgehead atoms. The van der Waals surface area contributed by atoms with Crippen LogP contribution in [0, 0.1) is 0 Å². The predicted octanol–water partition coefficient (Wildman–Crippen LogP) is 2.29. The number of likely N-dealkylation sites (tertiary alicyclic amines) is 1. The molecule has 1 aliphatic carbocycles. The molecule has 3 heterocycles. The van der Waals surface area contributed by atoms with Crippen molar-refractivity contribution in [2.24, 2.45) is 0 Å². The number of aromatic nitrogens is 2. The van der Waals surface area contributed by atoms with E-state index in [9.17, 15) is 9.90 Å². The van der Waals surface area contributed by atoms with Gasteiger partial charge < -0.3 is 14.6 Å². The number of carbonyl (C=O) groups excluding carboxylic acids is 1. The van der Waals surface area contributed by atoms with E-state index < -0.39 is 5.60 Å². The van der Waals surface area contributed by atoms with E-state index in [0.717, 1.165) is 11.0 Å². The summed E-state index contributed by atoms with van der Waals surface area (Å²) in [6, 6.07) is 6.28. The van der Waals surface area contributed by atoms with Crippen LogP contribution in [-0.4, -0.2) is 44.2 Å². The van der Waals surface area contributed by atoms with Crippen molar-refractivity contribution in [3.8, 4) is 0 Å². The fourth-order valence-corrected chi connectivity index (χ4v) is 3.68. The molecule has 4 rings (SSSR count). The van der Waals surface area contributed by atoms with E-state index in [4.69, 9.17) is 0 Å². The van der Waals surface area contributed by atoms with Gasteiger partial charge in [-0.25, -0.2) is 4.98 Å². The van der Waals surface area contributed by atoms with Crippen molar-refractivity contribution in [1.29, 1.82) is 0 Å². The monoisotopic (exact) mass is 313 g/mol. The Morgan fingerprint density at radius 1 is 1.39 bits per heavy atom. The van der Waals surface area contributed by atoms with Gasteiger partial charge in [-0.3, -0.25) is 4.79 Å². The fraction of sp³-hybridized carbons (Fsp3) is 0.556. The number of amides is 1. The zero-order valence-corrected chi connectivity index (χ0v) is 13.5. The zero-order chi connectivity index (χ0) is 16.0. The van der Waals surface area contributed by atoms with Crippen LogP contribution in [0.25, 0.3) is 11.0 Å². The molecule has 2 aromatic heterocycles. The highest BCUT2D eigenvalue weighted by molar-refractivity contribution is 5.77. The molecular weight excluding hydrogens is 290 g/mol. The van der Waals surface area contributed by atoms with Crippen LogP contribution in [-0.2, 0) is 11.3 Å². The van der Waals surface area contributed by atoms with E-state index in [1.165, 1.54) is 18.5 Å². The van der Waals surface area contributed by atoms with Gasteiger partial charge in [0.15, 0.2) is 0 Å². The van der Waals surface area contributed by atoms with Gasteiger partial charge in [0.25, 0.3) is 0 Å². The van der Waals surface area contributed by atoms with Crippen molar-refractivity contribution in [2.75, 3.05) is 13.1 Å². The molecule has 5 nitrogen and oxygen atoms in total. The second-order valence-electron chi connectivity index (χ2n) is 7.08. The Balaban J connectivity index is 1.62. The Morgan fingerprint density at radius 3 is 2.78 bits per heavy atom. The number of rotatable bonds is 3. The summed E-state index contributed by atoms with van der Waals surface area (Å²) in [7, 11) is 0. The van der Waals surface area contributed by atoms with Crippen molar-refractivity contribution in [3.05, 3.63) is 30.1 Å². The molecule has 1 amide bonds. The Labute approximate surface area is 135 Å². The van der Waals surface area contributed by atoms with Gasteiger partial charge in [0.1, 0.15) is 5.65 Å². The first-order valence-corrected chi connectivity index (χ1v) is 8.48. The molecule has 0 atom stereocenters. The first kappa shape index (κ1) is 14.7. The van der Waals surface area contributed by atoms with E-state index in [0.29, 0.717) is 38.4 Å². The number of hydrogen-bond acceptors (Lipinski definition) is 3. The minimum Gasteiger partial charge on any atom is -0.388 e. The number of fused-ring (bicyclic) bond motifs is 1. The highest BCUT2D eigenvalue weighted by Gasteiger charge is 2.36. The summed E-state index contributed by atoms with van der Waals surface area (Å²) in [6.45, 7) is 3.44. The number of aliphatic hydroxyl groups is 1. The summed E-state index contributed by atoms with van der Waals surface area (Å²) in [6.07, 6.45) is 5.53. The first-order chi connectivity index (χ1) is 11.1. The summed E-state index contributed by atoms with van der Waals surface area (Å²) >= 11 is 0. The van der Waals surface area contributed by atoms with Gasteiger partial charge in [0.05, 0.1) is 12.1 Å². The SMILES string of the molecule is CC(=O)N1CCC(O)(Cn2c(C3CC3)cc3cccnc32)CC1. The summed E-state index contributed by atoms with van der Waals surface area (Å²) < 4.78 is 2.22. The van der Waals surface area contributed by atoms with Gasteiger partial charge >= 0.3 is 0 Å². The molecule has 2 aromatic rings. The Hall–Kier alpha value is -1.88. The fourth-order valence-electron chi connectivity index (χ4n) is 3.68. The quantitative estimate of drug-likeness (QED) is 0.946. The maximum Gasteiger partial charge on any atom is 0.219 e. The van der Waals surface area contributed by atoms with Crippen molar-refractivity contribution >= 4 is 16.9 Å². The smallest absolute Gasteiger partial charge is 0.219 e. The second-order valence-corrected chi connectivity index (χ2v) is 7.08. The summed E-state index contributed by atoms with van der Waals surface area (Å²) in [5.41, 5.74) is 1.52.